The van der Waals surface area contributed by atoms with E-state index in [1.807, 2.05) is 6.92 Å². The van der Waals surface area contributed by atoms with Crippen LogP contribution in [0.1, 0.15) is 24.8 Å². The molecule has 0 saturated carbocycles. The summed E-state index contributed by atoms with van der Waals surface area (Å²) in [6.07, 6.45) is 6.07. The second kappa shape index (κ2) is 7.59. The Morgan fingerprint density at radius 1 is 1.24 bits per heavy atom. The molecule has 1 aromatic carbocycles. The van der Waals surface area contributed by atoms with E-state index >= 15 is 0 Å². The number of piperidine rings is 1. The summed E-state index contributed by atoms with van der Waals surface area (Å²) in [4.78, 5) is 6.49. The van der Waals surface area contributed by atoms with Crippen molar-refractivity contribution in [1.82, 2.24) is 19.7 Å². The van der Waals surface area contributed by atoms with Crippen LogP contribution in [0, 0.1) is 6.92 Å². The lowest BCUT2D eigenvalue weighted by molar-refractivity contribution is 0.277. The lowest BCUT2D eigenvalue weighted by Crippen LogP contribution is -2.24. The number of thiazole rings is 1. The molecule has 3 aromatic rings. The first kappa shape index (κ1) is 18.0. The molecule has 1 fully saturated rings. The van der Waals surface area contributed by atoms with Crippen LogP contribution >= 0.6 is 22.9 Å². The van der Waals surface area contributed by atoms with Crippen molar-refractivity contribution >= 4 is 38.4 Å². The van der Waals surface area contributed by atoms with Crippen molar-refractivity contribution in [2.24, 2.45) is 0 Å². The Morgan fingerprint density at radius 3 is 2.52 bits per heavy atom. The molecule has 0 spiro atoms. The van der Waals surface area contributed by atoms with Gasteiger partial charge in [0.25, 0.3) is 0 Å². The molecule has 1 aliphatic rings. The number of nitrogens with zero attached hydrogens (tertiary/aromatic N) is 4. The first-order valence-corrected chi connectivity index (χ1v) is 9.43. The Hall–Kier alpha value is -1.83. The highest BCUT2D eigenvalue weighted by Crippen LogP contribution is 2.31. The summed E-state index contributed by atoms with van der Waals surface area (Å²) >= 11 is 7.23. The van der Waals surface area contributed by atoms with Gasteiger partial charge < -0.3 is 15.7 Å². The van der Waals surface area contributed by atoms with Crippen LogP contribution in [-0.4, -0.2) is 44.9 Å². The molecular weight excluding hydrogens is 358 g/mol. The molecule has 3 heterocycles. The van der Waals surface area contributed by atoms with Gasteiger partial charge in [0.1, 0.15) is 11.4 Å². The molecule has 4 rings (SSSR count). The Morgan fingerprint density at radius 2 is 1.96 bits per heavy atom. The lowest BCUT2D eigenvalue weighted by atomic mass is 10.1. The molecule has 1 saturated heterocycles. The van der Waals surface area contributed by atoms with Gasteiger partial charge in [-0.1, -0.05) is 29.4 Å². The Balaban J connectivity index is 0.000000219. The summed E-state index contributed by atoms with van der Waals surface area (Å²) in [5.74, 6) is 0.0862. The van der Waals surface area contributed by atoms with Crippen molar-refractivity contribution in [3.05, 3.63) is 28.9 Å². The van der Waals surface area contributed by atoms with Crippen molar-refractivity contribution in [2.45, 2.75) is 26.2 Å². The minimum atomic E-state index is 0.0862. The number of hydrogen-bond acceptors (Lipinski definition) is 6. The first-order valence-electron chi connectivity index (χ1n) is 8.24. The molecule has 0 radical (unpaired) electrons. The third-order valence-corrected chi connectivity index (χ3v) is 5.17. The van der Waals surface area contributed by atoms with Crippen LogP contribution in [0.2, 0.25) is 5.02 Å². The van der Waals surface area contributed by atoms with E-state index in [9.17, 15) is 5.11 Å². The number of fused-ring (bicyclic) bond motifs is 1. The van der Waals surface area contributed by atoms with E-state index in [0.29, 0.717) is 21.5 Å². The zero-order chi connectivity index (χ0) is 18.0. The van der Waals surface area contributed by atoms with E-state index in [4.69, 9.17) is 17.3 Å². The lowest BCUT2D eigenvalue weighted by Gasteiger charge is -2.20. The van der Waals surface area contributed by atoms with Gasteiger partial charge in [-0.05, 0) is 51.5 Å². The number of benzene rings is 1. The van der Waals surface area contributed by atoms with Crippen molar-refractivity contribution in [3.63, 3.8) is 0 Å². The standard InChI is InChI=1S/C11H9ClN4OS.C6H13N/c1-5-2-6(12)3-7(17)9(5)16-4-8-10(15-16)14-11(13)18-8;1-7-5-3-2-4-6-7/h2-4,17H,1H3,(H2,13,14,15);2-6H2,1H3. The molecule has 2 aromatic heterocycles. The number of hydrogen-bond donors (Lipinski definition) is 2. The highest BCUT2D eigenvalue weighted by molar-refractivity contribution is 7.21. The van der Waals surface area contributed by atoms with Gasteiger partial charge in [0.15, 0.2) is 10.8 Å². The monoisotopic (exact) mass is 379 g/mol. The Bertz CT molecular complexity index is 815. The number of aromatic nitrogens is 3. The summed E-state index contributed by atoms with van der Waals surface area (Å²) < 4.78 is 2.47. The number of nitrogens with two attached hydrogens (primary N) is 1. The van der Waals surface area contributed by atoms with Crippen LogP contribution in [0.3, 0.4) is 0 Å². The second-order valence-electron chi connectivity index (χ2n) is 6.27. The highest BCUT2D eigenvalue weighted by atomic mass is 35.5. The third-order valence-electron chi connectivity index (χ3n) is 4.15. The van der Waals surface area contributed by atoms with Crippen molar-refractivity contribution in [3.8, 4) is 11.4 Å². The molecular formula is C17H22ClN5OS. The molecule has 0 aliphatic carbocycles. The number of anilines is 1. The van der Waals surface area contributed by atoms with E-state index in [1.165, 1.54) is 49.8 Å². The normalized spacial score (nSPS) is 15.2. The van der Waals surface area contributed by atoms with Crippen LogP contribution in [0.4, 0.5) is 5.13 Å². The molecule has 8 heteroatoms. The Labute approximate surface area is 155 Å². The Kier molecular flexibility index (Phi) is 5.46. The fourth-order valence-corrected chi connectivity index (χ4v) is 3.88. The van der Waals surface area contributed by atoms with Crippen molar-refractivity contribution in [1.29, 1.82) is 0 Å². The van der Waals surface area contributed by atoms with Gasteiger partial charge in [-0.15, -0.1) is 5.10 Å². The van der Waals surface area contributed by atoms with Gasteiger partial charge >= 0.3 is 0 Å². The summed E-state index contributed by atoms with van der Waals surface area (Å²) in [5, 5.41) is 15.2. The minimum Gasteiger partial charge on any atom is -0.506 e. The summed E-state index contributed by atoms with van der Waals surface area (Å²) in [5.41, 5.74) is 7.61. The molecule has 25 heavy (non-hydrogen) atoms. The van der Waals surface area contributed by atoms with Gasteiger partial charge in [0.2, 0.25) is 0 Å². The zero-order valence-corrected chi connectivity index (χ0v) is 15.9. The molecule has 0 bridgehead atoms. The molecule has 0 unspecified atom stereocenters. The van der Waals surface area contributed by atoms with Gasteiger partial charge in [-0.25, -0.2) is 4.68 Å². The van der Waals surface area contributed by atoms with E-state index in [2.05, 4.69) is 22.0 Å². The highest BCUT2D eigenvalue weighted by Gasteiger charge is 2.13. The van der Waals surface area contributed by atoms with Gasteiger partial charge in [-0.2, -0.15) is 4.98 Å². The average molecular weight is 380 g/mol. The molecule has 1 aliphatic heterocycles. The number of aromatic hydroxyl groups is 1. The van der Waals surface area contributed by atoms with Crippen LogP contribution in [0.5, 0.6) is 5.75 Å². The second-order valence-corrected chi connectivity index (χ2v) is 7.77. The molecule has 0 amide bonds. The largest absolute Gasteiger partial charge is 0.506 e. The number of likely N-dealkylation sites (tertiary alicyclic amines) is 1. The number of aryl methyl sites for hydroxylation is 1. The quantitative estimate of drug-likeness (QED) is 0.671. The van der Waals surface area contributed by atoms with E-state index in [0.717, 1.165) is 10.3 Å². The predicted octanol–water partition coefficient (Wildman–Crippen LogP) is 3.83. The van der Waals surface area contributed by atoms with E-state index in [1.54, 1.807) is 16.9 Å². The molecule has 134 valence electrons. The van der Waals surface area contributed by atoms with Crippen LogP contribution in [0.15, 0.2) is 18.3 Å². The number of rotatable bonds is 1. The fourth-order valence-electron chi connectivity index (χ4n) is 2.92. The van der Waals surface area contributed by atoms with Crippen LogP contribution in [-0.2, 0) is 0 Å². The summed E-state index contributed by atoms with van der Waals surface area (Å²) in [6, 6.07) is 3.26. The first-order chi connectivity index (χ1) is 11.9. The number of nitrogen functional groups attached to an aromatic ring is 1. The number of phenolic OH excluding ortho intramolecular Hbond substituents is 1. The maximum atomic E-state index is 9.96. The van der Waals surface area contributed by atoms with Crippen molar-refractivity contribution in [2.75, 3.05) is 25.9 Å². The SMILES string of the molecule is CN1CCCCC1.Cc1cc(Cl)cc(O)c1-n1cc2sc(N)nc2n1. The smallest absolute Gasteiger partial charge is 0.194 e. The van der Waals surface area contributed by atoms with Gasteiger partial charge in [-0.3, -0.25) is 0 Å². The molecule has 0 atom stereocenters. The molecule has 6 nitrogen and oxygen atoms in total. The number of phenols is 1. The molecule has 3 N–H and O–H groups in total. The predicted molar refractivity (Wildman–Crippen MR) is 104 cm³/mol. The van der Waals surface area contributed by atoms with E-state index < -0.39 is 0 Å². The summed E-state index contributed by atoms with van der Waals surface area (Å²) in [6.45, 7) is 4.50. The minimum absolute atomic E-state index is 0.0862. The summed E-state index contributed by atoms with van der Waals surface area (Å²) in [7, 11) is 2.19. The zero-order valence-electron chi connectivity index (χ0n) is 14.4. The topological polar surface area (TPSA) is 80.2 Å². The maximum Gasteiger partial charge on any atom is 0.194 e. The maximum absolute atomic E-state index is 9.96. The number of halogens is 1. The van der Waals surface area contributed by atoms with Crippen molar-refractivity contribution < 1.29 is 5.11 Å². The van der Waals surface area contributed by atoms with E-state index in [-0.39, 0.29) is 5.75 Å². The average Bonchev–Trinajstić information content (AvgIpc) is 3.04. The third kappa shape index (κ3) is 4.23. The van der Waals surface area contributed by atoms with Crippen LogP contribution in [0.25, 0.3) is 16.0 Å². The van der Waals surface area contributed by atoms with Crippen LogP contribution < -0.4 is 5.73 Å². The fraction of sp³-hybridized carbons (Fsp3) is 0.412. The van der Waals surface area contributed by atoms with Gasteiger partial charge in [0.05, 0.1) is 10.9 Å². The van der Waals surface area contributed by atoms with Gasteiger partial charge in [0, 0.05) is 11.1 Å².